The highest BCUT2D eigenvalue weighted by Crippen LogP contribution is 1.92. The summed E-state index contributed by atoms with van der Waals surface area (Å²) in [5.41, 5.74) is 0. The van der Waals surface area contributed by atoms with Crippen LogP contribution in [0.15, 0.2) is 11.0 Å². The van der Waals surface area contributed by atoms with Gasteiger partial charge in [-0.1, -0.05) is 19.8 Å². The minimum Gasteiger partial charge on any atom is -0.176 e. The smallest absolute Gasteiger partial charge is 0.161 e. The van der Waals surface area contributed by atoms with Gasteiger partial charge in [-0.2, -0.15) is 4.94 Å². The van der Waals surface area contributed by atoms with E-state index in [2.05, 4.69) is 29.3 Å². The predicted octanol–water partition coefficient (Wildman–Crippen LogP) is 1.86. The number of hydrogen-bond donors (Lipinski definition) is 0. The Labute approximate surface area is 54.0 Å². The average molecular weight is 110 g/mol. The first-order valence-corrected chi connectivity index (χ1v) is 3.45. The van der Waals surface area contributed by atoms with Crippen molar-refractivity contribution in [3.63, 3.8) is 0 Å². The van der Waals surface area contributed by atoms with Gasteiger partial charge in [0.15, 0.2) is 16.3 Å². The lowest BCUT2D eigenvalue weighted by atomic mass is 10.2. The Bertz CT molecular complexity index is 48.1. The molecular formula is C6H11Al. The molecule has 0 aliphatic heterocycles. The van der Waals surface area contributed by atoms with Crippen molar-refractivity contribution in [3.05, 3.63) is 11.0 Å². The molecule has 0 spiro atoms. The first-order chi connectivity index (χ1) is 3.41. The van der Waals surface area contributed by atoms with E-state index in [1.54, 1.807) is 0 Å². The molecule has 0 nitrogen and oxygen atoms in total. The molecule has 0 aliphatic rings. The maximum absolute atomic E-state index is 2.57. The fraction of sp³-hybridized carbons (Fsp3) is 0.667. The minimum atomic E-state index is 1.24. The van der Waals surface area contributed by atoms with Gasteiger partial charge in [0.1, 0.15) is 0 Å². The molecule has 0 aromatic rings. The molecule has 0 bridgehead atoms. The van der Waals surface area contributed by atoms with Crippen molar-refractivity contribution in [2.24, 2.45) is 0 Å². The second kappa shape index (κ2) is 6.27. The van der Waals surface area contributed by atoms with Crippen molar-refractivity contribution in [2.75, 3.05) is 0 Å². The first kappa shape index (κ1) is 7.27. The SMILES string of the molecule is CCCC/C=[CH]/[Al]. The number of allylic oxidation sites excluding steroid dienone is 1. The molecule has 38 valence electrons. The molecule has 0 fully saturated rings. The van der Waals surface area contributed by atoms with Gasteiger partial charge in [0.05, 0.1) is 0 Å². The second-order valence-electron chi connectivity index (χ2n) is 1.57. The fourth-order valence-electron chi connectivity index (χ4n) is 0.418. The molecule has 0 saturated carbocycles. The van der Waals surface area contributed by atoms with Gasteiger partial charge in [0.2, 0.25) is 0 Å². The number of unbranched alkanes of at least 4 members (excludes halogenated alkanes) is 2. The summed E-state index contributed by atoms with van der Waals surface area (Å²) in [6.07, 6.45) is 6.04. The van der Waals surface area contributed by atoms with E-state index in [4.69, 9.17) is 0 Å². The van der Waals surface area contributed by atoms with E-state index < -0.39 is 0 Å². The Morgan fingerprint density at radius 2 is 2.29 bits per heavy atom. The zero-order chi connectivity index (χ0) is 5.54. The highest BCUT2D eigenvalue weighted by molar-refractivity contribution is 6.16. The second-order valence-corrected chi connectivity index (χ2v) is 1.96. The van der Waals surface area contributed by atoms with Gasteiger partial charge in [-0.25, -0.2) is 0 Å². The molecule has 7 heavy (non-hydrogen) atoms. The van der Waals surface area contributed by atoms with Gasteiger partial charge in [-0.05, 0) is 6.42 Å². The molecule has 0 aliphatic carbocycles. The molecule has 0 aromatic carbocycles. The summed E-state index contributed by atoms with van der Waals surface area (Å²) < 4.78 is 0. The molecule has 0 heterocycles. The zero-order valence-corrected chi connectivity index (χ0v) is 6.01. The maximum Gasteiger partial charge on any atom is 0.161 e. The third-order valence-electron chi connectivity index (χ3n) is 0.860. The van der Waals surface area contributed by atoms with E-state index in [1.807, 2.05) is 4.94 Å². The van der Waals surface area contributed by atoms with E-state index in [-0.39, 0.29) is 0 Å². The molecule has 0 atom stereocenters. The normalized spacial score (nSPS) is 10.4. The van der Waals surface area contributed by atoms with Crippen molar-refractivity contribution in [1.29, 1.82) is 0 Å². The van der Waals surface area contributed by atoms with E-state index in [0.717, 1.165) is 0 Å². The van der Waals surface area contributed by atoms with E-state index in [1.165, 1.54) is 19.3 Å². The van der Waals surface area contributed by atoms with Crippen LogP contribution >= 0.6 is 0 Å². The van der Waals surface area contributed by atoms with Gasteiger partial charge < -0.3 is 0 Å². The van der Waals surface area contributed by atoms with Crippen molar-refractivity contribution < 1.29 is 0 Å². The number of rotatable bonds is 3. The standard InChI is InChI=1S/C6H11.Al/c1-3-5-6-4-2;/h1,3H,4-6H2,2H3;. The highest BCUT2D eigenvalue weighted by Gasteiger charge is 1.72. The van der Waals surface area contributed by atoms with Gasteiger partial charge in [-0.15, -0.1) is 6.08 Å². The number of hydrogen-bond acceptors (Lipinski definition) is 0. The predicted molar refractivity (Wildman–Crippen MR) is 34.4 cm³/mol. The van der Waals surface area contributed by atoms with Crippen LogP contribution < -0.4 is 0 Å². The van der Waals surface area contributed by atoms with Crippen molar-refractivity contribution in [1.82, 2.24) is 0 Å². The van der Waals surface area contributed by atoms with Crippen LogP contribution in [-0.2, 0) is 0 Å². The summed E-state index contributed by atoms with van der Waals surface area (Å²) in [6, 6.07) is 0. The topological polar surface area (TPSA) is 0 Å². The quantitative estimate of drug-likeness (QED) is 0.384. The summed E-state index contributed by atoms with van der Waals surface area (Å²) in [7, 11) is 0. The lowest BCUT2D eigenvalue weighted by molar-refractivity contribution is 0.815. The average Bonchev–Trinajstić information content (AvgIpc) is 1.69. The molecule has 0 aromatic heterocycles. The van der Waals surface area contributed by atoms with Gasteiger partial charge >= 0.3 is 0 Å². The molecule has 0 saturated heterocycles. The van der Waals surface area contributed by atoms with Gasteiger partial charge in [0.25, 0.3) is 0 Å². The Balaban J connectivity index is 2.69. The third kappa shape index (κ3) is 6.27. The summed E-state index contributed by atoms with van der Waals surface area (Å²) >= 11 is 2.57. The van der Waals surface area contributed by atoms with Crippen molar-refractivity contribution in [2.45, 2.75) is 26.2 Å². The Morgan fingerprint density at radius 1 is 1.57 bits per heavy atom. The van der Waals surface area contributed by atoms with Crippen molar-refractivity contribution >= 4 is 16.3 Å². The molecule has 0 N–H and O–H groups in total. The molecule has 0 unspecified atom stereocenters. The van der Waals surface area contributed by atoms with E-state index >= 15 is 0 Å². The van der Waals surface area contributed by atoms with Crippen LogP contribution in [0.2, 0.25) is 0 Å². The van der Waals surface area contributed by atoms with Crippen LogP contribution in [0.25, 0.3) is 0 Å². The molecular weight excluding hydrogens is 99.0 g/mol. The Morgan fingerprint density at radius 3 is 2.71 bits per heavy atom. The Kier molecular flexibility index (Phi) is 6.52. The summed E-state index contributed by atoms with van der Waals surface area (Å²) in [4.78, 5) is 2.02. The van der Waals surface area contributed by atoms with Crippen molar-refractivity contribution in [3.8, 4) is 0 Å². The van der Waals surface area contributed by atoms with E-state index in [9.17, 15) is 0 Å². The monoisotopic (exact) mass is 110 g/mol. The fourth-order valence-corrected chi connectivity index (χ4v) is 0.611. The highest BCUT2D eigenvalue weighted by atomic mass is 27.0. The molecule has 1 heteroatoms. The minimum absolute atomic E-state index is 1.24. The van der Waals surface area contributed by atoms with E-state index in [0.29, 0.717) is 0 Å². The van der Waals surface area contributed by atoms with Crippen LogP contribution in [0, 0.1) is 0 Å². The van der Waals surface area contributed by atoms with Gasteiger partial charge in [0, 0.05) is 0 Å². The summed E-state index contributed by atoms with van der Waals surface area (Å²) in [6.45, 7) is 2.21. The lowest BCUT2D eigenvalue weighted by Crippen LogP contribution is -1.64. The van der Waals surface area contributed by atoms with Crippen LogP contribution in [0.1, 0.15) is 26.2 Å². The maximum atomic E-state index is 2.57. The molecule has 0 rings (SSSR count). The largest absolute Gasteiger partial charge is 0.176 e. The first-order valence-electron chi connectivity index (χ1n) is 2.78. The van der Waals surface area contributed by atoms with Crippen LogP contribution in [-0.4, -0.2) is 16.3 Å². The molecule has 0 amide bonds. The van der Waals surface area contributed by atoms with Crippen LogP contribution in [0.5, 0.6) is 0 Å². The summed E-state index contributed by atoms with van der Waals surface area (Å²) in [5.74, 6) is 0. The Hall–Kier alpha value is 0.272. The molecule has 2 radical (unpaired) electrons. The van der Waals surface area contributed by atoms with Gasteiger partial charge in [-0.3, -0.25) is 0 Å². The third-order valence-corrected chi connectivity index (χ3v) is 1.13. The van der Waals surface area contributed by atoms with Crippen LogP contribution in [0.4, 0.5) is 0 Å². The summed E-state index contributed by atoms with van der Waals surface area (Å²) in [5, 5.41) is 0. The lowest BCUT2D eigenvalue weighted by Gasteiger charge is -1.84. The zero-order valence-electron chi connectivity index (χ0n) is 4.85. The van der Waals surface area contributed by atoms with Crippen LogP contribution in [0.3, 0.4) is 0 Å².